The number of allylic oxidation sites excluding steroid dienone is 1. The fourth-order valence-electron chi connectivity index (χ4n) is 2.15. The first-order chi connectivity index (χ1) is 10.9. The highest BCUT2D eigenvalue weighted by atomic mass is 19.4. The van der Waals surface area contributed by atoms with E-state index in [0.717, 1.165) is 23.6 Å². The number of nitrogens with zero attached hydrogens (tertiary/aromatic N) is 1. The van der Waals surface area contributed by atoms with Crippen molar-refractivity contribution in [2.24, 2.45) is 0 Å². The van der Waals surface area contributed by atoms with Crippen LogP contribution in [0.5, 0.6) is 11.5 Å². The zero-order chi connectivity index (χ0) is 16.4. The average Bonchev–Trinajstić information content (AvgIpc) is 2.94. The normalized spacial score (nSPS) is 14.4. The van der Waals surface area contributed by atoms with Crippen molar-refractivity contribution in [3.05, 3.63) is 65.9 Å². The topological polar surface area (TPSA) is 21.7 Å². The lowest BCUT2D eigenvalue weighted by atomic mass is 10.2. The van der Waals surface area contributed by atoms with Crippen LogP contribution in [0.3, 0.4) is 0 Å². The Kier molecular flexibility index (Phi) is 3.90. The first kappa shape index (κ1) is 15.3. The van der Waals surface area contributed by atoms with Gasteiger partial charge in [0.2, 0.25) is 0 Å². The minimum Gasteiger partial charge on any atom is -0.457 e. The Morgan fingerprint density at radius 3 is 2.00 bits per heavy atom. The molecule has 0 fully saturated rings. The minimum atomic E-state index is -4.35. The maximum atomic E-state index is 12.5. The van der Waals surface area contributed by atoms with Crippen molar-refractivity contribution in [2.75, 3.05) is 11.6 Å². The number of ether oxygens (including phenoxy) is 1. The molecule has 1 aliphatic rings. The molecule has 0 amide bonds. The van der Waals surface area contributed by atoms with E-state index in [2.05, 4.69) is 0 Å². The molecule has 120 valence electrons. The number of anilines is 1. The predicted octanol–water partition coefficient (Wildman–Crippen LogP) is 5.15. The lowest BCUT2D eigenvalue weighted by molar-refractivity contribution is -0.137. The summed E-state index contributed by atoms with van der Waals surface area (Å²) in [5.74, 6) is 1.73. The van der Waals surface area contributed by atoms with Crippen LogP contribution in [0.4, 0.5) is 18.9 Å². The monoisotopic (exact) mass is 321 g/mol. The molecule has 0 bridgehead atoms. The Balaban J connectivity index is 1.66. The van der Waals surface area contributed by atoms with Crippen molar-refractivity contribution in [3.63, 3.8) is 0 Å². The molecule has 3 nitrogen and oxygen atoms in total. The van der Waals surface area contributed by atoms with Crippen molar-refractivity contribution >= 4 is 5.69 Å². The fraction of sp³-hybridized carbons (Fsp3) is 0.176. The summed E-state index contributed by atoms with van der Waals surface area (Å²) in [5, 5.41) is 1.73. The number of benzene rings is 2. The van der Waals surface area contributed by atoms with Gasteiger partial charge in [-0.15, -0.1) is 0 Å². The van der Waals surface area contributed by atoms with Crippen molar-refractivity contribution in [3.8, 4) is 11.5 Å². The summed E-state index contributed by atoms with van der Waals surface area (Å²) in [6, 6.07) is 11.7. The Labute approximate surface area is 131 Å². The molecule has 6 heteroatoms. The molecule has 0 saturated heterocycles. The maximum Gasteiger partial charge on any atom is 0.416 e. The Bertz CT molecular complexity index is 706. The molecule has 2 aromatic carbocycles. The van der Waals surface area contributed by atoms with Crippen LogP contribution in [-0.2, 0) is 11.0 Å². The second kappa shape index (κ2) is 5.87. The second-order valence-corrected chi connectivity index (χ2v) is 5.09. The van der Waals surface area contributed by atoms with Crippen LogP contribution in [0.2, 0.25) is 0 Å². The van der Waals surface area contributed by atoms with Gasteiger partial charge in [0.1, 0.15) is 17.3 Å². The van der Waals surface area contributed by atoms with Crippen molar-refractivity contribution in [1.82, 2.24) is 0 Å². The van der Waals surface area contributed by atoms with Gasteiger partial charge >= 0.3 is 6.18 Å². The van der Waals surface area contributed by atoms with Gasteiger partial charge in [0.25, 0.3) is 0 Å². The highest BCUT2D eigenvalue weighted by molar-refractivity contribution is 5.49. The average molecular weight is 321 g/mol. The van der Waals surface area contributed by atoms with Gasteiger partial charge in [-0.05, 0) is 61.5 Å². The van der Waals surface area contributed by atoms with Crippen LogP contribution >= 0.6 is 0 Å². The second-order valence-electron chi connectivity index (χ2n) is 5.09. The minimum absolute atomic E-state index is 0.348. The number of rotatable bonds is 3. The molecular formula is C17H14F3NO2. The molecule has 23 heavy (non-hydrogen) atoms. The van der Waals surface area contributed by atoms with Gasteiger partial charge in [-0.1, -0.05) is 0 Å². The van der Waals surface area contributed by atoms with Crippen LogP contribution < -0.4 is 9.80 Å². The van der Waals surface area contributed by atoms with Gasteiger partial charge in [0.15, 0.2) is 0 Å². The van der Waals surface area contributed by atoms with E-state index in [0.29, 0.717) is 18.0 Å². The number of hydrogen-bond acceptors (Lipinski definition) is 3. The van der Waals surface area contributed by atoms with E-state index in [4.69, 9.17) is 9.57 Å². The van der Waals surface area contributed by atoms with Crippen LogP contribution in [0, 0.1) is 0 Å². The van der Waals surface area contributed by atoms with Crippen LogP contribution in [0.15, 0.2) is 60.4 Å². The third kappa shape index (κ3) is 3.59. The van der Waals surface area contributed by atoms with Gasteiger partial charge in [-0.3, -0.25) is 0 Å². The molecule has 2 aromatic rings. The van der Waals surface area contributed by atoms with Gasteiger partial charge in [0.05, 0.1) is 17.8 Å². The maximum absolute atomic E-state index is 12.5. The molecule has 0 radical (unpaired) electrons. The molecule has 3 rings (SSSR count). The van der Waals surface area contributed by atoms with Gasteiger partial charge < -0.3 is 9.57 Å². The number of alkyl halides is 3. The summed E-state index contributed by atoms with van der Waals surface area (Å²) in [6.45, 7) is 2.55. The summed E-state index contributed by atoms with van der Waals surface area (Å²) in [6.07, 6.45) is -2.38. The van der Waals surface area contributed by atoms with Crippen LogP contribution in [0.1, 0.15) is 12.5 Å². The van der Waals surface area contributed by atoms with Crippen molar-refractivity contribution < 1.29 is 22.7 Å². The number of halogens is 3. The van der Waals surface area contributed by atoms with E-state index in [1.54, 1.807) is 17.2 Å². The standard InChI is InChI=1S/C17H14F3NO2/c1-12-10-11-21(23-12)14-4-8-16(9-5-14)22-15-6-2-13(3-7-15)17(18,19)20/h2-10H,11H2,1H3. The third-order valence-electron chi connectivity index (χ3n) is 3.34. The first-order valence-electron chi connectivity index (χ1n) is 6.99. The number of hydroxylamine groups is 1. The summed E-state index contributed by atoms with van der Waals surface area (Å²) in [7, 11) is 0. The largest absolute Gasteiger partial charge is 0.457 e. The van der Waals surface area contributed by atoms with Crippen molar-refractivity contribution in [1.29, 1.82) is 0 Å². The van der Waals surface area contributed by atoms with Crippen molar-refractivity contribution in [2.45, 2.75) is 13.1 Å². The molecule has 0 saturated carbocycles. The van der Waals surface area contributed by atoms with Crippen LogP contribution in [-0.4, -0.2) is 6.54 Å². The molecule has 0 spiro atoms. The molecule has 0 N–H and O–H groups in total. The summed E-state index contributed by atoms with van der Waals surface area (Å²) in [4.78, 5) is 5.50. The highest BCUT2D eigenvalue weighted by Crippen LogP contribution is 2.32. The summed E-state index contributed by atoms with van der Waals surface area (Å²) in [5.41, 5.74) is 0.173. The molecule has 1 aliphatic heterocycles. The SMILES string of the molecule is CC1=CCN(c2ccc(Oc3ccc(C(F)(F)F)cc3)cc2)O1. The molecule has 0 unspecified atom stereocenters. The lowest BCUT2D eigenvalue weighted by Crippen LogP contribution is -2.16. The van der Waals surface area contributed by atoms with E-state index in [1.165, 1.54) is 12.1 Å². The Morgan fingerprint density at radius 1 is 0.957 bits per heavy atom. The fourth-order valence-corrected chi connectivity index (χ4v) is 2.15. The van der Waals surface area contributed by atoms with Crippen LogP contribution in [0.25, 0.3) is 0 Å². The molecule has 1 heterocycles. The number of hydrogen-bond donors (Lipinski definition) is 0. The molecule has 0 aromatic heterocycles. The highest BCUT2D eigenvalue weighted by Gasteiger charge is 2.30. The summed E-state index contributed by atoms with van der Waals surface area (Å²) >= 11 is 0. The lowest BCUT2D eigenvalue weighted by Gasteiger charge is -2.18. The molecular weight excluding hydrogens is 307 g/mol. The van der Waals surface area contributed by atoms with E-state index in [9.17, 15) is 13.2 Å². The zero-order valence-electron chi connectivity index (χ0n) is 12.3. The van der Waals surface area contributed by atoms with E-state index < -0.39 is 11.7 Å². The van der Waals surface area contributed by atoms with E-state index in [-0.39, 0.29) is 0 Å². The third-order valence-corrected chi connectivity index (χ3v) is 3.34. The van der Waals surface area contributed by atoms with Gasteiger partial charge in [-0.2, -0.15) is 13.2 Å². The van der Waals surface area contributed by atoms with E-state index in [1.807, 2.05) is 25.1 Å². The molecule has 0 aliphatic carbocycles. The summed E-state index contributed by atoms with van der Waals surface area (Å²) < 4.78 is 43.1. The van der Waals surface area contributed by atoms with Gasteiger partial charge in [0, 0.05) is 0 Å². The quantitative estimate of drug-likeness (QED) is 0.780. The van der Waals surface area contributed by atoms with E-state index >= 15 is 0 Å². The Hall–Kier alpha value is -2.63. The zero-order valence-corrected chi connectivity index (χ0v) is 12.3. The molecule has 0 atom stereocenters. The van der Waals surface area contributed by atoms with Gasteiger partial charge in [-0.25, -0.2) is 5.06 Å². The first-order valence-corrected chi connectivity index (χ1v) is 6.99. The predicted molar refractivity (Wildman–Crippen MR) is 80.1 cm³/mol. The Morgan fingerprint density at radius 2 is 1.52 bits per heavy atom. The smallest absolute Gasteiger partial charge is 0.416 e.